The highest BCUT2D eigenvalue weighted by Crippen LogP contribution is 2.31. The van der Waals surface area contributed by atoms with Gasteiger partial charge in [0, 0.05) is 36.6 Å². The first-order valence-corrected chi connectivity index (χ1v) is 9.10. The van der Waals surface area contributed by atoms with E-state index in [-0.39, 0.29) is 22.5 Å². The number of nitrogens with one attached hydrogen (secondary N) is 1. The second-order valence-corrected chi connectivity index (χ2v) is 8.16. The predicted octanol–water partition coefficient (Wildman–Crippen LogP) is 2.60. The molecule has 0 bridgehead atoms. The summed E-state index contributed by atoms with van der Waals surface area (Å²) in [6, 6.07) is 4.80. The van der Waals surface area contributed by atoms with Crippen LogP contribution in [0.3, 0.4) is 0 Å². The fraction of sp³-hybridized carbons (Fsp3) is 0.357. The van der Waals surface area contributed by atoms with Crippen molar-refractivity contribution in [2.75, 3.05) is 26.7 Å². The SMILES string of the molecule is CN1CCNCC1S(=O)(=O)c1ccc2c(Cl)cnc(Cl)c2c1.Cl. The Morgan fingerprint density at radius 1 is 1.30 bits per heavy atom. The van der Waals surface area contributed by atoms with E-state index >= 15 is 0 Å². The van der Waals surface area contributed by atoms with Crippen molar-refractivity contribution in [2.45, 2.75) is 10.3 Å². The summed E-state index contributed by atoms with van der Waals surface area (Å²) < 4.78 is 25.7. The van der Waals surface area contributed by atoms with Crippen molar-refractivity contribution in [3.05, 3.63) is 34.6 Å². The topological polar surface area (TPSA) is 62.3 Å². The Labute approximate surface area is 151 Å². The number of likely N-dealkylation sites (N-methyl/N-ethyl adjacent to an activating group) is 1. The zero-order valence-corrected chi connectivity index (χ0v) is 15.4. The number of aromatic nitrogens is 1. The van der Waals surface area contributed by atoms with Crippen molar-refractivity contribution >= 4 is 56.2 Å². The van der Waals surface area contributed by atoms with E-state index in [9.17, 15) is 8.42 Å². The van der Waals surface area contributed by atoms with Crippen LogP contribution in [0.15, 0.2) is 29.3 Å². The largest absolute Gasteiger partial charge is 0.313 e. The summed E-state index contributed by atoms with van der Waals surface area (Å²) in [4.78, 5) is 6.04. The van der Waals surface area contributed by atoms with Crippen LogP contribution in [0.5, 0.6) is 0 Å². The number of benzene rings is 1. The molecule has 0 amide bonds. The molecule has 1 aromatic heterocycles. The van der Waals surface area contributed by atoms with Crippen LogP contribution in [-0.2, 0) is 9.84 Å². The van der Waals surface area contributed by atoms with Gasteiger partial charge >= 0.3 is 0 Å². The van der Waals surface area contributed by atoms with Crippen LogP contribution >= 0.6 is 35.6 Å². The number of hydrogen-bond donors (Lipinski definition) is 1. The average Bonchev–Trinajstić information content (AvgIpc) is 2.51. The highest BCUT2D eigenvalue weighted by atomic mass is 35.5. The van der Waals surface area contributed by atoms with Crippen molar-refractivity contribution < 1.29 is 8.42 Å². The van der Waals surface area contributed by atoms with Crippen LogP contribution in [0.2, 0.25) is 10.2 Å². The third-order valence-corrected chi connectivity index (χ3v) is 6.66. The Balaban J connectivity index is 0.00000192. The lowest BCUT2D eigenvalue weighted by Crippen LogP contribution is -2.52. The van der Waals surface area contributed by atoms with E-state index in [4.69, 9.17) is 23.2 Å². The summed E-state index contributed by atoms with van der Waals surface area (Å²) in [7, 11) is -1.68. The van der Waals surface area contributed by atoms with Crippen LogP contribution < -0.4 is 5.32 Å². The summed E-state index contributed by atoms with van der Waals surface area (Å²) in [6.07, 6.45) is 1.46. The monoisotopic (exact) mass is 395 g/mol. The number of fused-ring (bicyclic) bond motifs is 1. The van der Waals surface area contributed by atoms with Gasteiger partial charge in [-0.1, -0.05) is 29.3 Å². The van der Waals surface area contributed by atoms with E-state index in [0.29, 0.717) is 28.9 Å². The van der Waals surface area contributed by atoms with Crippen LogP contribution in [0.4, 0.5) is 0 Å². The van der Waals surface area contributed by atoms with Crippen molar-refractivity contribution in [1.29, 1.82) is 0 Å². The lowest BCUT2D eigenvalue weighted by Gasteiger charge is -2.32. The molecular formula is C14H16Cl3N3O2S. The summed E-state index contributed by atoms with van der Waals surface area (Å²) in [5, 5.41) is 4.45. The first-order chi connectivity index (χ1) is 10.4. The molecule has 0 radical (unpaired) electrons. The fourth-order valence-corrected chi connectivity index (χ4v) is 4.81. The molecule has 1 atom stereocenters. The summed E-state index contributed by atoms with van der Waals surface area (Å²) in [6.45, 7) is 1.87. The molecule has 1 aliphatic rings. The van der Waals surface area contributed by atoms with E-state index < -0.39 is 15.2 Å². The van der Waals surface area contributed by atoms with Crippen molar-refractivity contribution in [3.63, 3.8) is 0 Å². The standard InChI is InChI=1S/C14H15Cl2N3O2S.ClH/c1-19-5-4-17-8-13(19)22(20,21)9-2-3-10-11(6-9)14(16)18-7-12(10)15;/h2-3,6-7,13,17H,4-5,8H2,1H3;1H. The molecule has 1 unspecified atom stereocenters. The number of sulfone groups is 1. The molecule has 23 heavy (non-hydrogen) atoms. The molecule has 1 aliphatic heterocycles. The van der Waals surface area contributed by atoms with Crippen molar-refractivity contribution in [3.8, 4) is 0 Å². The van der Waals surface area contributed by atoms with E-state index in [0.717, 1.165) is 6.54 Å². The zero-order chi connectivity index (χ0) is 15.9. The summed E-state index contributed by atoms with van der Waals surface area (Å²) >= 11 is 12.2. The fourth-order valence-electron chi connectivity index (χ4n) is 2.62. The van der Waals surface area contributed by atoms with Crippen molar-refractivity contribution in [1.82, 2.24) is 15.2 Å². The molecular weight excluding hydrogens is 381 g/mol. The molecule has 1 aromatic carbocycles. The first-order valence-electron chi connectivity index (χ1n) is 6.80. The highest BCUT2D eigenvalue weighted by molar-refractivity contribution is 7.92. The molecule has 5 nitrogen and oxygen atoms in total. The number of hydrogen-bond acceptors (Lipinski definition) is 5. The second kappa shape index (κ2) is 7.09. The lowest BCUT2D eigenvalue weighted by atomic mass is 10.2. The van der Waals surface area contributed by atoms with Gasteiger partial charge in [0.05, 0.1) is 9.92 Å². The zero-order valence-electron chi connectivity index (χ0n) is 12.3. The van der Waals surface area contributed by atoms with Gasteiger partial charge < -0.3 is 5.32 Å². The van der Waals surface area contributed by atoms with E-state index in [1.165, 1.54) is 6.20 Å². The lowest BCUT2D eigenvalue weighted by molar-refractivity contribution is 0.255. The maximum Gasteiger partial charge on any atom is 0.195 e. The molecule has 9 heteroatoms. The molecule has 3 rings (SSSR count). The number of pyridine rings is 1. The average molecular weight is 397 g/mol. The number of piperazine rings is 1. The van der Waals surface area contributed by atoms with Gasteiger partial charge in [-0.25, -0.2) is 13.4 Å². The normalized spacial score (nSPS) is 19.5. The van der Waals surface area contributed by atoms with Crippen LogP contribution in [0.1, 0.15) is 0 Å². The summed E-state index contributed by atoms with van der Waals surface area (Å²) in [5.41, 5.74) is 0. The first kappa shape index (κ1) is 18.7. The van der Waals surface area contributed by atoms with E-state index in [1.54, 1.807) is 18.2 Å². The summed E-state index contributed by atoms with van der Waals surface area (Å²) in [5.74, 6) is 0. The minimum absolute atomic E-state index is 0. The molecule has 126 valence electrons. The maximum absolute atomic E-state index is 12.9. The smallest absolute Gasteiger partial charge is 0.195 e. The van der Waals surface area contributed by atoms with Crippen LogP contribution in [-0.4, -0.2) is 50.4 Å². The van der Waals surface area contributed by atoms with Gasteiger partial charge in [0.25, 0.3) is 0 Å². The third kappa shape index (κ3) is 3.43. The molecule has 1 fully saturated rings. The Morgan fingerprint density at radius 3 is 2.74 bits per heavy atom. The quantitative estimate of drug-likeness (QED) is 0.791. The minimum atomic E-state index is -3.50. The van der Waals surface area contributed by atoms with E-state index in [1.807, 2.05) is 11.9 Å². The highest BCUT2D eigenvalue weighted by Gasteiger charge is 2.33. The Kier molecular flexibility index (Phi) is 5.76. The number of nitrogens with zero attached hydrogens (tertiary/aromatic N) is 2. The molecule has 1 saturated heterocycles. The second-order valence-electron chi connectivity index (χ2n) is 5.29. The van der Waals surface area contributed by atoms with Gasteiger partial charge in [-0.15, -0.1) is 12.4 Å². The molecule has 2 aromatic rings. The Morgan fingerprint density at radius 2 is 2.04 bits per heavy atom. The predicted molar refractivity (Wildman–Crippen MR) is 95.5 cm³/mol. The molecule has 2 heterocycles. The van der Waals surface area contributed by atoms with Gasteiger partial charge in [-0.2, -0.15) is 0 Å². The van der Waals surface area contributed by atoms with Crippen molar-refractivity contribution in [2.24, 2.45) is 0 Å². The van der Waals surface area contributed by atoms with Crippen LogP contribution in [0, 0.1) is 0 Å². The van der Waals surface area contributed by atoms with Gasteiger partial charge in [-0.05, 0) is 19.2 Å². The molecule has 0 saturated carbocycles. The Hall–Kier alpha value is -0.630. The van der Waals surface area contributed by atoms with Gasteiger partial charge in [-0.3, -0.25) is 4.90 Å². The van der Waals surface area contributed by atoms with Gasteiger partial charge in [0.15, 0.2) is 9.84 Å². The van der Waals surface area contributed by atoms with Gasteiger partial charge in [0.2, 0.25) is 0 Å². The molecule has 0 aliphatic carbocycles. The van der Waals surface area contributed by atoms with E-state index in [2.05, 4.69) is 10.3 Å². The minimum Gasteiger partial charge on any atom is -0.313 e. The number of rotatable bonds is 2. The Bertz CT molecular complexity index is 829. The van der Waals surface area contributed by atoms with Crippen LogP contribution in [0.25, 0.3) is 10.8 Å². The third-order valence-electron chi connectivity index (χ3n) is 3.90. The molecule has 1 N–H and O–H groups in total. The maximum atomic E-state index is 12.9. The number of halogens is 3. The molecule has 0 spiro atoms. The van der Waals surface area contributed by atoms with Gasteiger partial charge in [0.1, 0.15) is 10.5 Å².